The fraction of sp³-hybridized carbons (Fsp3) is 0.500. The van der Waals surface area contributed by atoms with Crippen molar-refractivity contribution >= 4 is 34.0 Å². The lowest BCUT2D eigenvalue weighted by Crippen LogP contribution is -2.28. The van der Waals surface area contributed by atoms with Crippen molar-refractivity contribution in [2.45, 2.75) is 52.9 Å². The Bertz CT molecular complexity index is 833. The van der Waals surface area contributed by atoms with Gasteiger partial charge in [-0.2, -0.15) is 0 Å². The molecule has 1 N–H and O–H groups in total. The predicted molar refractivity (Wildman–Crippen MR) is 108 cm³/mol. The number of carbonyl (C=O) groups is 2. The summed E-state index contributed by atoms with van der Waals surface area (Å²) in [6, 6.07) is 6.00. The molecule has 1 aromatic carbocycles. The Balaban J connectivity index is 1.60. The molecule has 1 aliphatic rings. The topological polar surface area (TPSA) is 75.2 Å². The molecule has 6 nitrogen and oxygen atoms in total. The van der Waals surface area contributed by atoms with Crippen LogP contribution in [0.1, 0.15) is 48.7 Å². The summed E-state index contributed by atoms with van der Waals surface area (Å²) in [7, 11) is 0. The van der Waals surface area contributed by atoms with E-state index in [-0.39, 0.29) is 24.2 Å². The van der Waals surface area contributed by atoms with Crippen LogP contribution in [0.3, 0.4) is 0 Å². The van der Waals surface area contributed by atoms with Crippen LogP contribution in [0.15, 0.2) is 18.2 Å². The van der Waals surface area contributed by atoms with Crippen LogP contribution in [0.4, 0.5) is 10.8 Å². The van der Waals surface area contributed by atoms with E-state index < -0.39 is 0 Å². The average Bonchev–Trinajstić information content (AvgIpc) is 3.22. The molecule has 0 spiro atoms. The Morgan fingerprint density at radius 3 is 2.85 bits per heavy atom. The Kier molecular flexibility index (Phi) is 6.21. The molecule has 2 heterocycles. The van der Waals surface area contributed by atoms with Gasteiger partial charge in [0.1, 0.15) is 5.01 Å². The van der Waals surface area contributed by atoms with Gasteiger partial charge in [-0.15, -0.1) is 10.2 Å². The highest BCUT2D eigenvalue weighted by Gasteiger charge is 2.36. The summed E-state index contributed by atoms with van der Waals surface area (Å²) < 4.78 is 0. The molecular weight excluding hydrogens is 360 g/mol. The molecule has 1 fully saturated rings. The molecule has 1 aromatic heterocycles. The van der Waals surface area contributed by atoms with E-state index in [2.05, 4.69) is 28.5 Å². The summed E-state index contributed by atoms with van der Waals surface area (Å²) in [4.78, 5) is 26.8. The highest BCUT2D eigenvalue weighted by atomic mass is 32.1. The number of hydrogen-bond acceptors (Lipinski definition) is 5. The molecule has 3 rings (SSSR count). The van der Waals surface area contributed by atoms with Gasteiger partial charge in [0.2, 0.25) is 16.9 Å². The monoisotopic (exact) mass is 386 g/mol. The lowest BCUT2D eigenvalue weighted by atomic mass is 10.1. The molecule has 1 saturated heterocycles. The second-order valence-electron chi connectivity index (χ2n) is 7.14. The smallest absolute Gasteiger partial charge is 0.231 e. The van der Waals surface area contributed by atoms with E-state index in [0.29, 0.717) is 11.7 Å². The quantitative estimate of drug-likeness (QED) is 0.733. The van der Waals surface area contributed by atoms with Gasteiger partial charge in [-0.05, 0) is 31.9 Å². The summed E-state index contributed by atoms with van der Waals surface area (Å²) in [5, 5.41) is 12.5. The second-order valence-corrected chi connectivity index (χ2v) is 8.20. The third-order valence-electron chi connectivity index (χ3n) is 4.83. The van der Waals surface area contributed by atoms with E-state index >= 15 is 0 Å². The third kappa shape index (κ3) is 4.71. The van der Waals surface area contributed by atoms with Crippen LogP contribution < -0.4 is 10.2 Å². The zero-order valence-electron chi connectivity index (χ0n) is 16.1. The zero-order valence-corrected chi connectivity index (χ0v) is 16.9. The van der Waals surface area contributed by atoms with Gasteiger partial charge in [0.15, 0.2) is 0 Å². The third-order valence-corrected chi connectivity index (χ3v) is 5.73. The first-order chi connectivity index (χ1) is 13.0. The molecule has 1 atom stereocenters. The lowest BCUT2D eigenvalue weighted by molar-refractivity contribution is -0.122. The van der Waals surface area contributed by atoms with Crippen molar-refractivity contribution in [2.75, 3.05) is 16.8 Å². The molecule has 0 aliphatic carbocycles. The van der Waals surface area contributed by atoms with E-state index in [4.69, 9.17) is 0 Å². The van der Waals surface area contributed by atoms with Crippen molar-refractivity contribution in [1.29, 1.82) is 0 Å². The van der Waals surface area contributed by atoms with Gasteiger partial charge in [0.25, 0.3) is 0 Å². The van der Waals surface area contributed by atoms with Crippen molar-refractivity contribution in [1.82, 2.24) is 10.2 Å². The van der Waals surface area contributed by atoms with E-state index in [1.165, 1.54) is 17.8 Å². The highest BCUT2D eigenvalue weighted by Crippen LogP contribution is 2.29. The van der Waals surface area contributed by atoms with Gasteiger partial charge in [0, 0.05) is 25.1 Å². The van der Waals surface area contributed by atoms with Gasteiger partial charge in [-0.1, -0.05) is 48.8 Å². The maximum atomic E-state index is 12.6. The first-order valence-electron chi connectivity index (χ1n) is 9.48. The first kappa shape index (κ1) is 19.5. The Morgan fingerprint density at radius 1 is 1.30 bits per heavy atom. The number of carbonyl (C=O) groups excluding carboxylic acids is 2. The molecule has 0 radical (unpaired) electrons. The van der Waals surface area contributed by atoms with E-state index in [0.717, 1.165) is 41.1 Å². The summed E-state index contributed by atoms with van der Waals surface area (Å²) in [6.45, 7) is 6.58. The fourth-order valence-corrected chi connectivity index (χ4v) is 4.15. The molecule has 1 unspecified atom stereocenters. The van der Waals surface area contributed by atoms with Crippen molar-refractivity contribution in [3.8, 4) is 0 Å². The van der Waals surface area contributed by atoms with Gasteiger partial charge in [-0.25, -0.2) is 0 Å². The minimum absolute atomic E-state index is 0.0142. The number of aromatic nitrogens is 2. The number of unbranched alkanes of at least 4 members (excludes halogenated alkanes) is 2. The SMILES string of the molecule is CCCCCc1nnc(NC(=O)C2CC(=O)N(c3ccc(C)cc3C)C2)s1. The molecule has 27 heavy (non-hydrogen) atoms. The zero-order chi connectivity index (χ0) is 19.4. The second kappa shape index (κ2) is 8.61. The van der Waals surface area contributed by atoms with Crippen LogP contribution >= 0.6 is 11.3 Å². The number of nitrogens with one attached hydrogen (secondary N) is 1. The normalized spacial score (nSPS) is 16.8. The number of aryl methyl sites for hydroxylation is 3. The minimum Gasteiger partial charge on any atom is -0.311 e. The molecule has 7 heteroatoms. The average molecular weight is 387 g/mol. The van der Waals surface area contributed by atoms with E-state index in [1.807, 2.05) is 26.0 Å². The van der Waals surface area contributed by atoms with Crippen molar-refractivity contribution in [3.63, 3.8) is 0 Å². The molecule has 144 valence electrons. The molecular formula is C20H26N4O2S. The van der Waals surface area contributed by atoms with E-state index in [1.54, 1.807) is 4.90 Å². The summed E-state index contributed by atoms with van der Waals surface area (Å²) >= 11 is 1.42. The number of anilines is 2. The molecule has 0 bridgehead atoms. The van der Waals surface area contributed by atoms with Crippen LogP contribution in [0, 0.1) is 19.8 Å². The number of nitrogens with zero attached hydrogens (tertiary/aromatic N) is 3. The maximum Gasteiger partial charge on any atom is 0.231 e. The van der Waals surface area contributed by atoms with Crippen molar-refractivity contribution in [2.24, 2.45) is 5.92 Å². The summed E-state index contributed by atoms with van der Waals surface area (Å²) in [6.07, 6.45) is 4.53. The highest BCUT2D eigenvalue weighted by molar-refractivity contribution is 7.15. The molecule has 1 aliphatic heterocycles. The Hall–Kier alpha value is -2.28. The molecule has 2 amide bonds. The summed E-state index contributed by atoms with van der Waals surface area (Å²) in [5.74, 6) is -0.544. The maximum absolute atomic E-state index is 12.6. The van der Waals surface area contributed by atoms with Gasteiger partial charge >= 0.3 is 0 Å². The fourth-order valence-electron chi connectivity index (χ4n) is 3.36. The molecule has 0 saturated carbocycles. The van der Waals surface area contributed by atoms with Crippen LogP contribution in [0.5, 0.6) is 0 Å². The van der Waals surface area contributed by atoms with Crippen molar-refractivity contribution < 1.29 is 9.59 Å². The lowest BCUT2D eigenvalue weighted by Gasteiger charge is -2.19. The van der Waals surface area contributed by atoms with E-state index in [9.17, 15) is 9.59 Å². The van der Waals surface area contributed by atoms with Gasteiger partial charge in [0.05, 0.1) is 5.92 Å². The van der Waals surface area contributed by atoms with Crippen LogP contribution in [0.25, 0.3) is 0 Å². The van der Waals surface area contributed by atoms with Crippen LogP contribution in [-0.4, -0.2) is 28.6 Å². The summed E-state index contributed by atoms with van der Waals surface area (Å²) in [5.41, 5.74) is 3.09. The van der Waals surface area contributed by atoms with Crippen LogP contribution in [0.2, 0.25) is 0 Å². The number of benzene rings is 1. The Morgan fingerprint density at radius 2 is 2.11 bits per heavy atom. The van der Waals surface area contributed by atoms with Gasteiger partial charge < -0.3 is 10.2 Å². The number of rotatable bonds is 7. The number of amides is 2. The molecule has 2 aromatic rings. The standard InChI is InChI=1S/C20H26N4O2S/c1-4-5-6-7-17-22-23-20(27-17)21-19(26)15-11-18(25)24(12-15)16-9-8-13(2)10-14(16)3/h8-10,15H,4-7,11-12H2,1-3H3,(H,21,23,26). The van der Waals surface area contributed by atoms with Crippen LogP contribution in [-0.2, 0) is 16.0 Å². The minimum atomic E-state index is -0.370. The number of hydrogen-bond donors (Lipinski definition) is 1. The largest absolute Gasteiger partial charge is 0.311 e. The predicted octanol–water partition coefficient (Wildman–Crippen LogP) is 3.88. The van der Waals surface area contributed by atoms with Gasteiger partial charge in [-0.3, -0.25) is 9.59 Å². The Labute approximate surface area is 164 Å². The first-order valence-corrected chi connectivity index (χ1v) is 10.3. The van der Waals surface area contributed by atoms with Crippen molar-refractivity contribution in [3.05, 3.63) is 34.3 Å².